The summed E-state index contributed by atoms with van der Waals surface area (Å²) in [6, 6.07) is 12.4. The van der Waals surface area contributed by atoms with Gasteiger partial charge < -0.3 is 15.6 Å². The number of fused-ring (bicyclic) bond motifs is 1. The number of nitrogens with one attached hydrogen (secondary N) is 3. The number of rotatable bonds is 7. The Kier molecular flexibility index (Phi) is 6.06. The Morgan fingerprint density at radius 1 is 1.24 bits per heavy atom. The maximum atomic E-state index is 4.60. The van der Waals surface area contributed by atoms with Gasteiger partial charge in [0.2, 0.25) is 0 Å². The van der Waals surface area contributed by atoms with Crippen LogP contribution in [0.2, 0.25) is 0 Å². The normalized spacial score (nSPS) is 13.1. The summed E-state index contributed by atoms with van der Waals surface area (Å²) < 4.78 is 0. The van der Waals surface area contributed by atoms with E-state index in [9.17, 15) is 0 Å². The molecule has 0 bridgehead atoms. The molecule has 5 nitrogen and oxygen atoms in total. The largest absolute Gasteiger partial charge is 0.356 e. The van der Waals surface area contributed by atoms with Gasteiger partial charge in [-0.15, -0.1) is 11.3 Å². The van der Waals surface area contributed by atoms with Gasteiger partial charge >= 0.3 is 0 Å². The van der Waals surface area contributed by atoms with Crippen LogP contribution in [-0.4, -0.2) is 36.1 Å². The molecule has 3 N–H and O–H groups in total. The summed E-state index contributed by atoms with van der Waals surface area (Å²) >= 11 is 1.82. The minimum atomic E-state index is 0.563. The van der Waals surface area contributed by atoms with Crippen LogP contribution in [0.3, 0.4) is 0 Å². The summed E-state index contributed by atoms with van der Waals surface area (Å²) in [7, 11) is 1.81. The Bertz CT molecular complexity index is 773. The lowest BCUT2D eigenvalue weighted by atomic mass is 10.1. The summed E-state index contributed by atoms with van der Waals surface area (Å²) in [5.41, 5.74) is 2.10. The molecule has 0 spiro atoms. The number of benzene rings is 1. The highest BCUT2D eigenvalue weighted by molar-refractivity contribution is 7.09. The van der Waals surface area contributed by atoms with Gasteiger partial charge in [-0.05, 0) is 35.9 Å². The molecule has 6 heteroatoms. The first-order valence-electron chi connectivity index (χ1n) is 8.65. The van der Waals surface area contributed by atoms with Crippen LogP contribution in [-0.2, 0) is 12.8 Å². The third-order valence-corrected chi connectivity index (χ3v) is 4.96. The van der Waals surface area contributed by atoms with Crippen molar-refractivity contribution in [3.63, 3.8) is 0 Å². The molecule has 3 aromatic rings. The predicted octanol–water partition coefficient (Wildman–Crippen LogP) is 3.21. The third-order valence-electron chi connectivity index (χ3n) is 4.06. The van der Waals surface area contributed by atoms with Crippen molar-refractivity contribution in [3.8, 4) is 0 Å². The van der Waals surface area contributed by atoms with E-state index in [0.29, 0.717) is 5.92 Å². The smallest absolute Gasteiger partial charge is 0.190 e. The number of guanidine groups is 1. The highest BCUT2D eigenvalue weighted by atomic mass is 32.1. The number of hydrogen-bond donors (Lipinski definition) is 3. The van der Waals surface area contributed by atoms with E-state index in [1.807, 2.05) is 29.5 Å². The van der Waals surface area contributed by atoms with Crippen LogP contribution in [0.15, 0.2) is 46.8 Å². The molecule has 2 aromatic heterocycles. The van der Waals surface area contributed by atoms with Gasteiger partial charge in [0.05, 0.1) is 11.0 Å². The SMILES string of the molecule is CN=C(NCCc1nc2ccccc2[nH]1)NCC(C)Cc1cccs1. The molecule has 0 saturated carbocycles. The van der Waals surface area contributed by atoms with Crippen molar-refractivity contribution in [2.45, 2.75) is 19.8 Å². The van der Waals surface area contributed by atoms with Crippen LogP contribution < -0.4 is 10.6 Å². The number of imidazole rings is 1. The number of thiophene rings is 1. The van der Waals surface area contributed by atoms with Gasteiger partial charge in [-0.1, -0.05) is 25.1 Å². The van der Waals surface area contributed by atoms with Gasteiger partial charge in [-0.3, -0.25) is 4.99 Å². The lowest BCUT2D eigenvalue weighted by Gasteiger charge is -2.15. The average molecular weight is 356 g/mol. The van der Waals surface area contributed by atoms with Gasteiger partial charge in [-0.2, -0.15) is 0 Å². The molecule has 1 unspecified atom stereocenters. The molecule has 0 aliphatic carbocycles. The average Bonchev–Trinajstić information content (AvgIpc) is 3.26. The fraction of sp³-hybridized carbons (Fsp3) is 0.368. The van der Waals surface area contributed by atoms with Crippen molar-refractivity contribution in [1.82, 2.24) is 20.6 Å². The van der Waals surface area contributed by atoms with Crippen LogP contribution in [0.5, 0.6) is 0 Å². The Morgan fingerprint density at radius 2 is 2.12 bits per heavy atom. The predicted molar refractivity (Wildman–Crippen MR) is 106 cm³/mol. The van der Waals surface area contributed by atoms with Gasteiger partial charge in [0.25, 0.3) is 0 Å². The van der Waals surface area contributed by atoms with E-state index in [2.05, 4.69) is 56.1 Å². The molecule has 0 aliphatic heterocycles. The molecular formula is C19H25N5S. The maximum absolute atomic E-state index is 4.60. The Labute approximate surface area is 152 Å². The maximum Gasteiger partial charge on any atom is 0.190 e. The van der Waals surface area contributed by atoms with E-state index in [-0.39, 0.29) is 0 Å². The van der Waals surface area contributed by atoms with Crippen molar-refractivity contribution in [2.24, 2.45) is 10.9 Å². The van der Waals surface area contributed by atoms with E-state index < -0.39 is 0 Å². The van der Waals surface area contributed by atoms with Crippen molar-refractivity contribution in [1.29, 1.82) is 0 Å². The molecule has 0 saturated heterocycles. The fourth-order valence-electron chi connectivity index (χ4n) is 2.76. The molecule has 1 atom stereocenters. The van der Waals surface area contributed by atoms with Crippen molar-refractivity contribution in [2.75, 3.05) is 20.1 Å². The zero-order valence-electron chi connectivity index (χ0n) is 14.7. The lowest BCUT2D eigenvalue weighted by Crippen LogP contribution is -2.40. The third kappa shape index (κ3) is 5.06. The molecule has 0 fully saturated rings. The molecule has 25 heavy (non-hydrogen) atoms. The van der Waals surface area contributed by atoms with E-state index in [4.69, 9.17) is 0 Å². The minimum absolute atomic E-state index is 0.563. The molecule has 2 heterocycles. The Hall–Kier alpha value is -2.34. The fourth-order valence-corrected chi connectivity index (χ4v) is 3.63. The zero-order valence-corrected chi connectivity index (χ0v) is 15.6. The molecule has 3 rings (SSSR count). The summed E-state index contributed by atoms with van der Waals surface area (Å²) in [5.74, 6) is 2.40. The van der Waals surface area contributed by atoms with Gasteiger partial charge in [0.15, 0.2) is 5.96 Å². The number of aromatic nitrogens is 2. The summed E-state index contributed by atoms with van der Waals surface area (Å²) in [5, 5.41) is 8.90. The molecule has 1 aromatic carbocycles. The topological polar surface area (TPSA) is 65.1 Å². The summed E-state index contributed by atoms with van der Waals surface area (Å²) in [6.45, 7) is 3.95. The second-order valence-electron chi connectivity index (χ2n) is 6.22. The van der Waals surface area contributed by atoms with Crippen LogP contribution >= 0.6 is 11.3 Å². The molecule has 132 valence electrons. The standard InChI is InChI=1S/C19H25N5S/c1-14(12-15-6-5-11-25-15)13-22-19(20-2)21-10-9-18-23-16-7-3-4-8-17(16)24-18/h3-8,11,14H,9-10,12-13H2,1-2H3,(H,23,24)(H2,20,21,22). The van der Waals surface area contributed by atoms with Crippen LogP contribution in [0, 0.1) is 5.92 Å². The van der Waals surface area contributed by atoms with Gasteiger partial charge in [-0.25, -0.2) is 4.98 Å². The van der Waals surface area contributed by atoms with Crippen LogP contribution in [0.25, 0.3) is 11.0 Å². The van der Waals surface area contributed by atoms with E-state index in [0.717, 1.165) is 48.7 Å². The Morgan fingerprint density at radius 3 is 2.88 bits per heavy atom. The number of aromatic amines is 1. The van der Waals surface area contributed by atoms with Crippen molar-refractivity contribution in [3.05, 3.63) is 52.5 Å². The van der Waals surface area contributed by atoms with Crippen molar-refractivity contribution < 1.29 is 0 Å². The van der Waals surface area contributed by atoms with Crippen LogP contribution in [0.4, 0.5) is 0 Å². The number of hydrogen-bond acceptors (Lipinski definition) is 3. The lowest BCUT2D eigenvalue weighted by molar-refractivity contribution is 0.562. The Balaban J connectivity index is 1.41. The molecule has 0 aliphatic rings. The number of para-hydroxylation sites is 2. The monoisotopic (exact) mass is 355 g/mol. The highest BCUT2D eigenvalue weighted by Gasteiger charge is 2.07. The first kappa shape index (κ1) is 17.5. The summed E-state index contributed by atoms with van der Waals surface area (Å²) in [4.78, 5) is 13.7. The number of aliphatic imine (C=N–C) groups is 1. The highest BCUT2D eigenvalue weighted by Crippen LogP contribution is 2.13. The zero-order chi connectivity index (χ0) is 17.5. The molecule has 0 amide bonds. The van der Waals surface area contributed by atoms with Crippen molar-refractivity contribution >= 4 is 28.3 Å². The van der Waals surface area contributed by atoms with Gasteiger partial charge in [0, 0.05) is 31.4 Å². The first-order valence-corrected chi connectivity index (χ1v) is 9.53. The summed E-state index contributed by atoms with van der Waals surface area (Å²) in [6.07, 6.45) is 1.93. The van der Waals surface area contributed by atoms with E-state index in [1.165, 1.54) is 4.88 Å². The second-order valence-corrected chi connectivity index (χ2v) is 7.25. The van der Waals surface area contributed by atoms with Crippen LogP contribution in [0.1, 0.15) is 17.6 Å². The quantitative estimate of drug-likeness (QED) is 0.450. The second kappa shape index (κ2) is 8.67. The van der Waals surface area contributed by atoms with E-state index in [1.54, 1.807) is 7.05 Å². The van der Waals surface area contributed by atoms with E-state index >= 15 is 0 Å². The molecule has 0 radical (unpaired) electrons. The molecular weight excluding hydrogens is 330 g/mol. The van der Waals surface area contributed by atoms with Gasteiger partial charge in [0.1, 0.15) is 5.82 Å². The number of H-pyrrole nitrogens is 1. The first-order chi connectivity index (χ1) is 12.2. The number of nitrogens with zero attached hydrogens (tertiary/aromatic N) is 2. The minimum Gasteiger partial charge on any atom is -0.356 e.